The van der Waals surface area contributed by atoms with E-state index in [1.54, 1.807) is 6.20 Å². The largest absolute Gasteiger partial charge is 0.471 e. The molecule has 0 aromatic carbocycles. The van der Waals surface area contributed by atoms with E-state index in [1.807, 2.05) is 26.0 Å². The van der Waals surface area contributed by atoms with Gasteiger partial charge in [0.25, 0.3) is 5.17 Å². The zero-order chi connectivity index (χ0) is 9.68. The van der Waals surface area contributed by atoms with Crippen LogP contribution in [-0.4, -0.2) is 16.8 Å². The van der Waals surface area contributed by atoms with Gasteiger partial charge in [0, 0.05) is 6.20 Å². The van der Waals surface area contributed by atoms with Crippen molar-refractivity contribution in [3.05, 3.63) is 23.9 Å². The number of hydrogen-bond donors (Lipinski definition) is 1. The molecule has 70 valence electrons. The Balaban J connectivity index is 2.58. The van der Waals surface area contributed by atoms with Crippen LogP contribution in [0.4, 0.5) is 5.82 Å². The molecular weight excluding hydrogens is 184 g/mol. The predicted octanol–water partition coefficient (Wildman–Crippen LogP) is 2.12. The van der Waals surface area contributed by atoms with E-state index in [2.05, 4.69) is 10.3 Å². The second-order valence-electron chi connectivity index (χ2n) is 2.56. The van der Waals surface area contributed by atoms with Gasteiger partial charge in [-0.1, -0.05) is 0 Å². The Labute approximate surface area is 83.1 Å². The molecular formula is C9H12N2OS. The third-order valence-corrected chi connectivity index (χ3v) is 1.64. The number of aryl methyl sites for hydroxylation is 1. The van der Waals surface area contributed by atoms with E-state index in [0.29, 0.717) is 11.8 Å². The molecule has 1 rings (SSSR count). The molecule has 0 atom stereocenters. The lowest BCUT2D eigenvalue weighted by atomic mass is 10.3. The van der Waals surface area contributed by atoms with Crippen LogP contribution >= 0.6 is 12.2 Å². The minimum Gasteiger partial charge on any atom is -0.471 e. The van der Waals surface area contributed by atoms with Crippen LogP contribution in [0.25, 0.3) is 0 Å². The number of pyridine rings is 1. The lowest BCUT2D eigenvalue weighted by molar-refractivity contribution is 0.335. The van der Waals surface area contributed by atoms with E-state index >= 15 is 0 Å². The molecule has 0 aliphatic rings. The molecule has 1 aromatic rings. The van der Waals surface area contributed by atoms with Crippen molar-refractivity contribution in [1.29, 1.82) is 0 Å². The van der Waals surface area contributed by atoms with Crippen LogP contribution in [0.3, 0.4) is 0 Å². The molecule has 4 heteroatoms. The van der Waals surface area contributed by atoms with Gasteiger partial charge in [-0.25, -0.2) is 4.98 Å². The highest BCUT2D eigenvalue weighted by Crippen LogP contribution is 2.05. The zero-order valence-corrected chi connectivity index (χ0v) is 8.52. The van der Waals surface area contributed by atoms with Crippen LogP contribution in [0, 0.1) is 6.92 Å². The summed E-state index contributed by atoms with van der Waals surface area (Å²) in [5.41, 5.74) is 1.14. The second kappa shape index (κ2) is 4.77. The maximum atomic E-state index is 5.07. The molecule has 1 aromatic heterocycles. The van der Waals surface area contributed by atoms with Crippen LogP contribution in [0.1, 0.15) is 12.5 Å². The zero-order valence-electron chi connectivity index (χ0n) is 7.70. The maximum Gasteiger partial charge on any atom is 0.262 e. The number of aromatic nitrogens is 1. The van der Waals surface area contributed by atoms with Crippen molar-refractivity contribution in [2.75, 3.05) is 11.9 Å². The Kier molecular flexibility index (Phi) is 3.64. The predicted molar refractivity (Wildman–Crippen MR) is 56.8 cm³/mol. The first-order valence-electron chi connectivity index (χ1n) is 4.09. The third-order valence-electron chi connectivity index (χ3n) is 1.42. The number of anilines is 1. The fourth-order valence-electron chi connectivity index (χ4n) is 0.876. The van der Waals surface area contributed by atoms with E-state index in [4.69, 9.17) is 17.0 Å². The summed E-state index contributed by atoms with van der Waals surface area (Å²) in [6.45, 7) is 4.45. The van der Waals surface area contributed by atoms with E-state index in [1.165, 1.54) is 0 Å². The highest BCUT2D eigenvalue weighted by molar-refractivity contribution is 7.80. The van der Waals surface area contributed by atoms with Gasteiger partial charge >= 0.3 is 0 Å². The monoisotopic (exact) mass is 196 g/mol. The Hall–Kier alpha value is -1.16. The van der Waals surface area contributed by atoms with Gasteiger partial charge in [-0.2, -0.15) is 0 Å². The maximum absolute atomic E-state index is 5.07. The van der Waals surface area contributed by atoms with Crippen molar-refractivity contribution >= 4 is 23.2 Å². The molecule has 1 heterocycles. The highest BCUT2D eigenvalue weighted by Gasteiger charge is 1.97. The van der Waals surface area contributed by atoms with Gasteiger partial charge in [0.2, 0.25) is 0 Å². The number of thiocarbonyl (C=S) groups is 1. The molecule has 0 unspecified atom stereocenters. The number of rotatable bonds is 2. The van der Waals surface area contributed by atoms with Gasteiger partial charge in [0.1, 0.15) is 5.82 Å². The lowest BCUT2D eigenvalue weighted by Gasteiger charge is -2.06. The standard InChI is InChI=1S/C9H12N2OS/c1-3-12-9(13)11-8-6-7(2)4-5-10-8/h4-6H,3H2,1-2H3,(H,10,11,13). The Morgan fingerprint density at radius 2 is 2.46 bits per heavy atom. The minimum atomic E-state index is 0.362. The average molecular weight is 196 g/mol. The first-order valence-corrected chi connectivity index (χ1v) is 4.49. The summed E-state index contributed by atoms with van der Waals surface area (Å²) in [7, 11) is 0. The topological polar surface area (TPSA) is 34.1 Å². The highest BCUT2D eigenvalue weighted by atomic mass is 32.1. The summed E-state index contributed by atoms with van der Waals surface area (Å²) < 4.78 is 5.07. The fourth-order valence-corrected chi connectivity index (χ4v) is 1.10. The van der Waals surface area contributed by atoms with E-state index in [-0.39, 0.29) is 0 Å². The molecule has 0 radical (unpaired) electrons. The summed E-state index contributed by atoms with van der Waals surface area (Å²) in [6, 6.07) is 3.83. The second-order valence-corrected chi connectivity index (χ2v) is 2.93. The van der Waals surface area contributed by atoms with E-state index in [0.717, 1.165) is 11.4 Å². The molecule has 13 heavy (non-hydrogen) atoms. The van der Waals surface area contributed by atoms with Crippen molar-refractivity contribution in [2.24, 2.45) is 0 Å². The van der Waals surface area contributed by atoms with Gasteiger partial charge in [-0.3, -0.25) is 0 Å². The minimum absolute atomic E-state index is 0.362. The first kappa shape index (κ1) is 9.92. The smallest absolute Gasteiger partial charge is 0.262 e. The van der Waals surface area contributed by atoms with Crippen molar-refractivity contribution < 1.29 is 4.74 Å². The molecule has 0 saturated carbocycles. The fraction of sp³-hybridized carbons (Fsp3) is 0.333. The third kappa shape index (κ3) is 3.38. The molecule has 0 aliphatic carbocycles. The van der Waals surface area contributed by atoms with Gasteiger partial charge < -0.3 is 10.1 Å². The van der Waals surface area contributed by atoms with E-state index in [9.17, 15) is 0 Å². The Morgan fingerprint density at radius 1 is 1.69 bits per heavy atom. The van der Waals surface area contributed by atoms with Gasteiger partial charge in [-0.05, 0) is 43.8 Å². The summed E-state index contributed by atoms with van der Waals surface area (Å²) in [6.07, 6.45) is 1.73. The number of ether oxygens (including phenoxy) is 1. The average Bonchev–Trinajstić information content (AvgIpc) is 2.04. The summed E-state index contributed by atoms with van der Waals surface area (Å²) in [5.74, 6) is 0.721. The number of hydrogen-bond acceptors (Lipinski definition) is 3. The Bertz CT molecular complexity index is 301. The van der Waals surface area contributed by atoms with Crippen LogP contribution in [-0.2, 0) is 4.74 Å². The van der Waals surface area contributed by atoms with Gasteiger partial charge in [0.05, 0.1) is 6.61 Å². The molecule has 0 amide bonds. The van der Waals surface area contributed by atoms with Gasteiger partial charge in [-0.15, -0.1) is 0 Å². The van der Waals surface area contributed by atoms with Crippen LogP contribution in [0.5, 0.6) is 0 Å². The van der Waals surface area contributed by atoms with Crippen LogP contribution < -0.4 is 5.32 Å². The molecule has 3 nitrogen and oxygen atoms in total. The summed E-state index contributed by atoms with van der Waals surface area (Å²) >= 11 is 4.91. The van der Waals surface area contributed by atoms with Crippen molar-refractivity contribution in [3.8, 4) is 0 Å². The number of nitrogens with one attached hydrogen (secondary N) is 1. The SMILES string of the molecule is CCOC(=S)Nc1cc(C)ccn1. The van der Waals surface area contributed by atoms with Crippen LogP contribution in [0.15, 0.2) is 18.3 Å². The Morgan fingerprint density at radius 3 is 3.08 bits per heavy atom. The molecule has 0 bridgehead atoms. The van der Waals surface area contributed by atoms with Crippen molar-refractivity contribution in [2.45, 2.75) is 13.8 Å². The lowest BCUT2D eigenvalue weighted by Crippen LogP contribution is -2.13. The normalized spacial score (nSPS) is 9.38. The van der Waals surface area contributed by atoms with Crippen molar-refractivity contribution in [1.82, 2.24) is 4.98 Å². The quantitative estimate of drug-likeness (QED) is 0.735. The van der Waals surface area contributed by atoms with Crippen LogP contribution in [0.2, 0.25) is 0 Å². The first-order chi connectivity index (χ1) is 6.22. The van der Waals surface area contributed by atoms with Crippen molar-refractivity contribution in [3.63, 3.8) is 0 Å². The number of nitrogens with zero attached hydrogens (tertiary/aromatic N) is 1. The molecule has 0 aliphatic heterocycles. The summed E-state index contributed by atoms with van der Waals surface area (Å²) in [5, 5.41) is 3.24. The van der Waals surface area contributed by atoms with E-state index < -0.39 is 0 Å². The molecule has 0 fully saturated rings. The molecule has 0 spiro atoms. The summed E-state index contributed by atoms with van der Waals surface area (Å²) in [4.78, 5) is 4.08. The molecule has 1 N–H and O–H groups in total. The molecule has 0 saturated heterocycles. The van der Waals surface area contributed by atoms with Gasteiger partial charge in [0.15, 0.2) is 0 Å².